The van der Waals surface area contributed by atoms with Gasteiger partial charge in [0.15, 0.2) is 17.3 Å². The van der Waals surface area contributed by atoms with Crippen LogP contribution in [-0.2, 0) is 4.84 Å². The summed E-state index contributed by atoms with van der Waals surface area (Å²) >= 11 is 0. The summed E-state index contributed by atoms with van der Waals surface area (Å²) in [6.45, 7) is 0. The Morgan fingerprint density at radius 2 is 2.00 bits per heavy atom. The van der Waals surface area contributed by atoms with Crippen LogP contribution in [0.3, 0.4) is 0 Å². The predicted molar refractivity (Wildman–Crippen MR) is 59.3 cm³/mol. The van der Waals surface area contributed by atoms with Crippen LogP contribution in [0.15, 0.2) is 36.5 Å². The van der Waals surface area contributed by atoms with E-state index >= 15 is 0 Å². The topological polar surface area (TPSA) is 48.0 Å². The van der Waals surface area contributed by atoms with Crippen molar-refractivity contribution in [1.29, 1.82) is 0 Å². The van der Waals surface area contributed by atoms with Crippen LogP contribution in [0.4, 0.5) is 14.5 Å². The van der Waals surface area contributed by atoms with Crippen LogP contribution in [0.2, 0.25) is 0 Å². The molecule has 0 amide bonds. The molecule has 0 radical (unpaired) electrons. The molecule has 2 N–H and O–H groups in total. The van der Waals surface area contributed by atoms with Gasteiger partial charge in [0.25, 0.3) is 0 Å². The molecular formula is C12H11F2N2O2+. The van der Waals surface area contributed by atoms with Crippen LogP contribution in [-0.4, -0.2) is 12.1 Å². The van der Waals surface area contributed by atoms with E-state index in [1.165, 1.54) is 24.9 Å². The number of hydrogen-bond donors (Lipinski definition) is 1. The largest absolute Gasteiger partial charge is 0.436 e. The first-order valence-electron chi connectivity index (χ1n) is 5.14. The Bertz CT molecular complexity index is 532. The van der Waals surface area contributed by atoms with Crippen molar-refractivity contribution < 1.29 is 23.8 Å². The maximum absolute atomic E-state index is 13.3. The van der Waals surface area contributed by atoms with Gasteiger partial charge in [-0.3, -0.25) is 0 Å². The number of ether oxygens (including phenoxy) is 1. The average molecular weight is 253 g/mol. The molecule has 0 saturated heterocycles. The maximum Gasteiger partial charge on any atom is 0.219 e. The Morgan fingerprint density at radius 1 is 1.17 bits per heavy atom. The van der Waals surface area contributed by atoms with Gasteiger partial charge in [-0.05, 0) is 12.1 Å². The van der Waals surface area contributed by atoms with Crippen LogP contribution in [0, 0.1) is 11.6 Å². The van der Waals surface area contributed by atoms with Gasteiger partial charge in [-0.15, -0.1) is 0 Å². The highest BCUT2D eigenvalue weighted by atomic mass is 19.1. The van der Waals surface area contributed by atoms with Crippen LogP contribution >= 0.6 is 0 Å². The number of nitrogens with zero attached hydrogens (tertiary/aromatic N) is 1. The van der Waals surface area contributed by atoms with E-state index in [9.17, 15) is 8.78 Å². The van der Waals surface area contributed by atoms with Crippen molar-refractivity contribution in [3.8, 4) is 11.6 Å². The SMILES string of the molecule is CO[NH2+]c1ccc(Oc2cc(F)ccc2F)nc1. The van der Waals surface area contributed by atoms with E-state index in [0.29, 0.717) is 0 Å². The zero-order chi connectivity index (χ0) is 13.0. The minimum atomic E-state index is -0.647. The molecule has 0 atom stereocenters. The molecule has 2 aromatic rings. The Balaban J connectivity index is 2.15. The van der Waals surface area contributed by atoms with Gasteiger partial charge >= 0.3 is 0 Å². The molecular weight excluding hydrogens is 242 g/mol. The summed E-state index contributed by atoms with van der Waals surface area (Å²) in [5.41, 5.74) is 2.24. The number of aromatic nitrogens is 1. The van der Waals surface area contributed by atoms with E-state index in [-0.39, 0.29) is 11.6 Å². The average Bonchev–Trinajstić information content (AvgIpc) is 2.37. The Hall–Kier alpha value is -2.05. The minimum Gasteiger partial charge on any atom is -0.436 e. The molecule has 94 valence electrons. The zero-order valence-corrected chi connectivity index (χ0v) is 9.56. The predicted octanol–water partition coefficient (Wildman–Crippen LogP) is 1.91. The van der Waals surface area contributed by atoms with Crippen molar-refractivity contribution in [2.24, 2.45) is 0 Å². The number of hydrogen-bond acceptors (Lipinski definition) is 3. The van der Waals surface area contributed by atoms with Crippen LogP contribution in [0.25, 0.3) is 0 Å². The van der Waals surface area contributed by atoms with E-state index in [1.54, 1.807) is 6.07 Å². The summed E-state index contributed by atoms with van der Waals surface area (Å²) < 4.78 is 31.4. The van der Waals surface area contributed by atoms with Gasteiger partial charge in [-0.1, -0.05) is 0 Å². The third kappa shape index (κ3) is 2.99. The summed E-state index contributed by atoms with van der Waals surface area (Å²) in [6, 6.07) is 6.20. The fraction of sp³-hybridized carbons (Fsp3) is 0.0833. The van der Waals surface area contributed by atoms with Gasteiger partial charge in [0.1, 0.15) is 5.82 Å². The summed E-state index contributed by atoms with van der Waals surface area (Å²) in [5, 5.41) is 0. The van der Waals surface area contributed by atoms with Gasteiger partial charge in [0, 0.05) is 18.2 Å². The quantitative estimate of drug-likeness (QED) is 0.847. The molecule has 2 rings (SSSR count). The van der Waals surface area contributed by atoms with Crippen LogP contribution in [0.1, 0.15) is 0 Å². The molecule has 6 heteroatoms. The lowest BCUT2D eigenvalue weighted by molar-refractivity contribution is -0.830. The zero-order valence-electron chi connectivity index (χ0n) is 9.56. The molecule has 0 bridgehead atoms. The second-order valence-electron chi connectivity index (χ2n) is 3.46. The van der Waals surface area contributed by atoms with E-state index < -0.39 is 11.6 Å². The standard InChI is InChI=1S/C12H10F2N2O2/c1-17-16-9-3-5-12(15-7-9)18-11-6-8(13)2-4-10(11)14/h2-7,16H,1H3/p+1. The van der Waals surface area contributed by atoms with Gasteiger partial charge in [-0.25, -0.2) is 18.6 Å². The first-order chi connectivity index (χ1) is 8.69. The molecule has 1 aromatic heterocycles. The molecule has 0 fully saturated rings. The third-order valence-electron chi connectivity index (χ3n) is 2.12. The number of halogens is 2. The smallest absolute Gasteiger partial charge is 0.219 e. The molecule has 4 nitrogen and oxygen atoms in total. The lowest BCUT2D eigenvalue weighted by Gasteiger charge is -2.05. The van der Waals surface area contributed by atoms with Crippen molar-refractivity contribution in [3.63, 3.8) is 0 Å². The molecule has 18 heavy (non-hydrogen) atoms. The minimum absolute atomic E-state index is 0.174. The highest BCUT2D eigenvalue weighted by Crippen LogP contribution is 2.23. The molecule has 0 saturated carbocycles. The number of rotatable bonds is 4. The summed E-state index contributed by atoms with van der Waals surface area (Å²) in [7, 11) is 1.52. The summed E-state index contributed by atoms with van der Waals surface area (Å²) in [6.07, 6.45) is 1.50. The Labute approximate surface area is 102 Å². The highest BCUT2D eigenvalue weighted by molar-refractivity contribution is 5.32. The van der Waals surface area contributed by atoms with Gasteiger partial charge in [-0.2, -0.15) is 5.48 Å². The molecule has 0 aliphatic heterocycles. The second kappa shape index (κ2) is 5.52. The third-order valence-corrected chi connectivity index (χ3v) is 2.12. The van der Waals surface area contributed by atoms with E-state index in [1.807, 2.05) is 0 Å². The first-order valence-corrected chi connectivity index (χ1v) is 5.14. The van der Waals surface area contributed by atoms with Crippen LogP contribution < -0.4 is 10.2 Å². The van der Waals surface area contributed by atoms with E-state index in [0.717, 1.165) is 23.9 Å². The van der Waals surface area contributed by atoms with Crippen molar-refractivity contribution in [3.05, 3.63) is 48.2 Å². The molecule has 0 aliphatic carbocycles. The highest BCUT2D eigenvalue weighted by Gasteiger charge is 2.07. The molecule has 1 aromatic carbocycles. The molecule has 0 spiro atoms. The molecule has 1 heterocycles. The summed E-state index contributed by atoms with van der Waals surface area (Å²) in [5.74, 6) is -1.25. The maximum atomic E-state index is 13.3. The fourth-order valence-corrected chi connectivity index (χ4v) is 1.33. The van der Waals surface area contributed by atoms with Crippen molar-refractivity contribution in [2.75, 3.05) is 7.11 Å². The van der Waals surface area contributed by atoms with Gasteiger partial charge in [0.2, 0.25) is 5.88 Å². The number of pyridine rings is 1. The number of benzene rings is 1. The molecule has 0 unspecified atom stereocenters. The first kappa shape index (κ1) is 12.4. The van der Waals surface area contributed by atoms with E-state index in [2.05, 4.69) is 4.98 Å². The van der Waals surface area contributed by atoms with E-state index in [4.69, 9.17) is 9.57 Å². The fourth-order valence-electron chi connectivity index (χ4n) is 1.33. The monoisotopic (exact) mass is 253 g/mol. The van der Waals surface area contributed by atoms with Gasteiger partial charge in [0.05, 0.1) is 13.3 Å². The van der Waals surface area contributed by atoms with Crippen molar-refractivity contribution in [1.82, 2.24) is 4.98 Å². The Kier molecular flexibility index (Phi) is 3.81. The van der Waals surface area contributed by atoms with Gasteiger partial charge < -0.3 is 4.74 Å². The second-order valence-corrected chi connectivity index (χ2v) is 3.46. The Morgan fingerprint density at radius 3 is 2.67 bits per heavy atom. The lowest BCUT2D eigenvalue weighted by Crippen LogP contribution is -2.75. The summed E-state index contributed by atoms with van der Waals surface area (Å²) in [4.78, 5) is 8.75. The van der Waals surface area contributed by atoms with Crippen molar-refractivity contribution >= 4 is 5.69 Å². The molecule has 0 aliphatic rings. The lowest BCUT2D eigenvalue weighted by atomic mass is 10.3. The van der Waals surface area contributed by atoms with Crippen LogP contribution in [0.5, 0.6) is 11.6 Å². The number of quaternary nitrogens is 1. The number of nitrogens with two attached hydrogens (primary N) is 1. The van der Waals surface area contributed by atoms with Crippen molar-refractivity contribution in [2.45, 2.75) is 0 Å². The normalized spacial score (nSPS) is 10.4.